The molecule has 1 aromatic heterocycles. The summed E-state index contributed by atoms with van der Waals surface area (Å²) in [5, 5.41) is 11.6. The number of nitrogens with zero attached hydrogens (tertiary/aromatic N) is 2. The number of aryl methyl sites for hydroxylation is 1. The first-order chi connectivity index (χ1) is 15.2. The van der Waals surface area contributed by atoms with Gasteiger partial charge in [0.25, 0.3) is 5.91 Å². The van der Waals surface area contributed by atoms with Crippen LogP contribution in [-0.4, -0.2) is 17.1 Å². The van der Waals surface area contributed by atoms with Crippen molar-refractivity contribution in [1.82, 2.24) is 10.3 Å². The number of carbonyl (C=O) groups excluding carboxylic acids is 1. The molecule has 1 aliphatic heterocycles. The monoisotopic (exact) mass is 433 g/mol. The highest BCUT2D eigenvalue weighted by Gasteiger charge is 2.59. The number of hydrogen-bond acceptors (Lipinski definition) is 3. The SMILES string of the molecule is Cc1ccc(C2=C(C#N)C(=O)NC(c3ccc(-c4ccccn4)cc3)(C(F)(F)F)C2)cc1. The van der Waals surface area contributed by atoms with Crippen molar-refractivity contribution in [2.45, 2.75) is 25.1 Å². The van der Waals surface area contributed by atoms with E-state index in [4.69, 9.17) is 0 Å². The number of pyridine rings is 1. The maximum atomic E-state index is 14.5. The Balaban J connectivity index is 1.84. The maximum Gasteiger partial charge on any atom is 0.416 e. The van der Waals surface area contributed by atoms with E-state index in [1.165, 1.54) is 12.1 Å². The Bertz CT molecular complexity index is 1220. The summed E-state index contributed by atoms with van der Waals surface area (Å²) in [6, 6.07) is 19.6. The second-order valence-electron chi connectivity index (χ2n) is 7.66. The van der Waals surface area contributed by atoms with Crippen molar-refractivity contribution >= 4 is 11.5 Å². The van der Waals surface area contributed by atoms with Crippen LogP contribution in [0.15, 0.2) is 78.5 Å². The molecule has 1 amide bonds. The van der Waals surface area contributed by atoms with Crippen LogP contribution in [0.1, 0.15) is 23.1 Å². The number of halogens is 3. The second-order valence-corrected chi connectivity index (χ2v) is 7.66. The van der Waals surface area contributed by atoms with Gasteiger partial charge in [0, 0.05) is 18.2 Å². The molecule has 0 bridgehead atoms. The summed E-state index contributed by atoms with van der Waals surface area (Å²) in [5.41, 5.74) is -0.393. The largest absolute Gasteiger partial charge is 0.416 e. The van der Waals surface area contributed by atoms with E-state index < -0.39 is 24.0 Å². The molecule has 0 saturated heterocycles. The molecule has 1 unspecified atom stereocenters. The number of aromatic nitrogens is 1. The molecule has 0 radical (unpaired) electrons. The van der Waals surface area contributed by atoms with Crippen molar-refractivity contribution in [2.75, 3.05) is 0 Å². The van der Waals surface area contributed by atoms with Crippen LogP contribution in [0.2, 0.25) is 0 Å². The van der Waals surface area contributed by atoms with Gasteiger partial charge in [-0.2, -0.15) is 18.4 Å². The Morgan fingerprint density at radius 3 is 2.22 bits per heavy atom. The van der Waals surface area contributed by atoms with Crippen LogP contribution in [0, 0.1) is 18.3 Å². The van der Waals surface area contributed by atoms with Crippen molar-refractivity contribution in [3.8, 4) is 17.3 Å². The number of carbonyl (C=O) groups is 1. The standard InChI is InChI=1S/C25H18F3N3O/c1-16-5-7-17(8-6-16)20-14-24(25(26,27)28,31-23(32)21(20)15-29)19-11-9-18(10-12-19)22-4-2-3-13-30-22/h2-13H,14H2,1H3,(H,31,32). The summed E-state index contributed by atoms with van der Waals surface area (Å²) in [6.45, 7) is 1.85. The van der Waals surface area contributed by atoms with E-state index in [1.54, 1.807) is 66.9 Å². The number of nitrogens with one attached hydrogen (secondary N) is 1. The molecule has 0 fully saturated rings. The lowest BCUT2D eigenvalue weighted by atomic mass is 9.76. The predicted octanol–water partition coefficient (Wildman–Crippen LogP) is 5.31. The van der Waals surface area contributed by atoms with Gasteiger partial charge in [0.1, 0.15) is 11.6 Å². The van der Waals surface area contributed by atoms with Crippen molar-refractivity contribution in [2.24, 2.45) is 0 Å². The third kappa shape index (κ3) is 3.65. The van der Waals surface area contributed by atoms with Gasteiger partial charge in [-0.1, -0.05) is 60.2 Å². The van der Waals surface area contributed by atoms with Crippen molar-refractivity contribution in [1.29, 1.82) is 5.26 Å². The molecule has 160 valence electrons. The number of rotatable bonds is 3. The zero-order chi connectivity index (χ0) is 22.9. The fourth-order valence-corrected chi connectivity index (χ4v) is 3.88. The van der Waals surface area contributed by atoms with Gasteiger partial charge in [0.05, 0.1) is 5.69 Å². The molecule has 1 aliphatic rings. The van der Waals surface area contributed by atoms with E-state index >= 15 is 0 Å². The van der Waals surface area contributed by atoms with Crippen molar-refractivity contribution in [3.05, 3.63) is 95.2 Å². The maximum absolute atomic E-state index is 14.5. The van der Waals surface area contributed by atoms with Gasteiger partial charge in [0.2, 0.25) is 0 Å². The minimum Gasteiger partial charge on any atom is -0.333 e. The van der Waals surface area contributed by atoms with E-state index in [9.17, 15) is 23.2 Å². The summed E-state index contributed by atoms with van der Waals surface area (Å²) < 4.78 is 43.6. The molecular formula is C25H18F3N3O. The second kappa shape index (κ2) is 7.97. The zero-order valence-corrected chi connectivity index (χ0v) is 17.1. The fourth-order valence-electron chi connectivity index (χ4n) is 3.88. The summed E-state index contributed by atoms with van der Waals surface area (Å²) in [6.07, 6.45) is -3.78. The lowest BCUT2D eigenvalue weighted by molar-refractivity contribution is -0.201. The van der Waals surface area contributed by atoms with E-state index in [0.29, 0.717) is 16.8 Å². The number of nitriles is 1. The van der Waals surface area contributed by atoms with Crippen LogP contribution in [0.3, 0.4) is 0 Å². The van der Waals surface area contributed by atoms with Crippen LogP contribution in [0.25, 0.3) is 16.8 Å². The number of amides is 1. The summed E-state index contributed by atoms with van der Waals surface area (Å²) in [7, 11) is 0. The first-order valence-electron chi connectivity index (χ1n) is 9.86. The molecule has 0 saturated carbocycles. The van der Waals surface area contributed by atoms with Gasteiger partial charge in [-0.3, -0.25) is 9.78 Å². The highest BCUT2D eigenvalue weighted by molar-refractivity contribution is 6.07. The molecule has 2 heterocycles. The van der Waals surface area contributed by atoms with Gasteiger partial charge in [0.15, 0.2) is 5.54 Å². The molecule has 1 N–H and O–H groups in total. The minimum atomic E-state index is -4.80. The fraction of sp³-hybridized carbons (Fsp3) is 0.160. The summed E-state index contributed by atoms with van der Waals surface area (Å²) in [4.78, 5) is 16.9. The lowest BCUT2D eigenvalue weighted by Gasteiger charge is -2.40. The van der Waals surface area contributed by atoms with Crippen LogP contribution in [-0.2, 0) is 10.3 Å². The van der Waals surface area contributed by atoms with Gasteiger partial charge in [-0.15, -0.1) is 0 Å². The topological polar surface area (TPSA) is 65.8 Å². The molecule has 2 aromatic carbocycles. The molecular weight excluding hydrogens is 415 g/mol. The summed E-state index contributed by atoms with van der Waals surface area (Å²) in [5.74, 6) is -1.04. The van der Waals surface area contributed by atoms with Crippen molar-refractivity contribution < 1.29 is 18.0 Å². The average Bonchev–Trinajstić information content (AvgIpc) is 2.79. The molecule has 4 rings (SSSR count). The predicted molar refractivity (Wildman–Crippen MR) is 114 cm³/mol. The normalized spacial score (nSPS) is 18.8. The quantitative estimate of drug-likeness (QED) is 0.609. The van der Waals surface area contributed by atoms with Crippen molar-refractivity contribution in [3.63, 3.8) is 0 Å². The van der Waals surface area contributed by atoms with E-state index in [0.717, 1.165) is 5.56 Å². The van der Waals surface area contributed by atoms with Gasteiger partial charge in [-0.05, 0) is 35.8 Å². The van der Waals surface area contributed by atoms with Crippen LogP contribution in [0.5, 0.6) is 0 Å². The molecule has 7 heteroatoms. The number of hydrogen-bond donors (Lipinski definition) is 1. The Morgan fingerprint density at radius 1 is 1.00 bits per heavy atom. The van der Waals surface area contributed by atoms with Gasteiger partial charge >= 0.3 is 6.18 Å². The smallest absolute Gasteiger partial charge is 0.333 e. The Kier molecular flexibility index (Phi) is 5.31. The zero-order valence-electron chi connectivity index (χ0n) is 17.1. The van der Waals surface area contributed by atoms with E-state index in [1.807, 2.05) is 6.92 Å². The van der Waals surface area contributed by atoms with Gasteiger partial charge in [-0.25, -0.2) is 0 Å². The first kappa shape index (κ1) is 21.3. The third-order valence-corrected chi connectivity index (χ3v) is 5.63. The Hall–Kier alpha value is -3.92. The summed E-state index contributed by atoms with van der Waals surface area (Å²) >= 11 is 0. The molecule has 4 nitrogen and oxygen atoms in total. The third-order valence-electron chi connectivity index (χ3n) is 5.63. The lowest BCUT2D eigenvalue weighted by Crippen LogP contribution is -2.58. The number of alkyl halides is 3. The molecule has 3 aromatic rings. The first-order valence-corrected chi connectivity index (χ1v) is 9.86. The highest BCUT2D eigenvalue weighted by Crippen LogP contribution is 2.48. The Morgan fingerprint density at radius 2 is 1.66 bits per heavy atom. The van der Waals surface area contributed by atoms with E-state index in [2.05, 4.69) is 10.3 Å². The average molecular weight is 433 g/mol. The van der Waals surface area contributed by atoms with Gasteiger partial charge < -0.3 is 5.32 Å². The Labute approximate surface area is 183 Å². The molecule has 0 aliphatic carbocycles. The molecule has 32 heavy (non-hydrogen) atoms. The minimum absolute atomic E-state index is 0.0716. The van der Waals surface area contributed by atoms with Crippen LogP contribution in [0.4, 0.5) is 13.2 Å². The van der Waals surface area contributed by atoms with Crippen LogP contribution >= 0.6 is 0 Å². The molecule has 0 spiro atoms. The van der Waals surface area contributed by atoms with Crippen LogP contribution < -0.4 is 5.32 Å². The highest BCUT2D eigenvalue weighted by atomic mass is 19.4. The van der Waals surface area contributed by atoms with E-state index in [-0.39, 0.29) is 16.7 Å². The number of benzene rings is 2. The molecule has 1 atom stereocenters.